The number of nitrogens with one attached hydrogen (secondary N) is 2. The average Bonchev–Trinajstić information content (AvgIpc) is 3.45. The number of nitrogens with zero attached hydrogens (tertiary/aromatic N) is 3. The number of rotatable bonds is 5. The molecule has 3 heterocycles. The predicted octanol–water partition coefficient (Wildman–Crippen LogP) is 2.86. The molecule has 0 saturated carbocycles. The van der Waals surface area contributed by atoms with Gasteiger partial charge in [-0.2, -0.15) is 0 Å². The number of fused-ring (bicyclic) bond motifs is 1. The zero-order chi connectivity index (χ0) is 22.2. The van der Waals surface area contributed by atoms with Crippen LogP contribution in [0.15, 0.2) is 58.0 Å². The Hall–Kier alpha value is -4.25. The lowest BCUT2D eigenvalue weighted by Crippen LogP contribution is -2.29. The molecule has 4 N–H and O–H groups in total. The van der Waals surface area contributed by atoms with Crippen LogP contribution in [-0.4, -0.2) is 21.7 Å². The first kappa shape index (κ1) is 19.7. The lowest BCUT2D eigenvalue weighted by atomic mass is 10.1. The molecule has 2 aromatic carbocycles. The van der Waals surface area contributed by atoms with Crippen LogP contribution in [0.1, 0.15) is 5.56 Å². The largest absolute Gasteiger partial charge is 0.485 e. The van der Waals surface area contributed by atoms with Gasteiger partial charge in [-0.15, -0.1) is 0 Å². The Kier molecular flexibility index (Phi) is 4.79. The topological polar surface area (TPSA) is 122 Å². The van der Waals surface area contributed by atoms with Crippen LogP contribution >= 0.6 is 0 Å². The number of H-pyrrole nitrogens is 1. The molecule has 11 heteroatoms. The van der Waals surface area contributed by atoms with E-state index in [1.807, 2.05) is 23.4 Å². The number of halogens is 2. The standard InChI is InChI=1S/C21H16F2N6O3/c22-14-7-12-8-17(19(24)26-18(12)15(23)9-14)31-10-13-6-11(20-27-21(30)32-28-20)2-3-16(13)29-5-1-4-25-29/h1-3,5-9,25H,4,10H2,(H2,24,26)(H,27,28,30). The zero-order valence-corrected chi connectivity index (χ0v) is 16.4. The molecule has 162 valence electrons. The summed E-state index contributed by atoms with van der Waals surface area (Å²) in [7, 11) is 0. The molecule has 4 aromatic rings. The van der Waals surface area contributed by atoms with Crippen molar-refractivity contribution in [3.8, 4) is 17.1 Å². The van der Waals surface area contributed by atoms with Crippen LogP contribution in [0.5, 0.6) is 5.75 Å². The molecular formula is C21H16F2N6O3. The highest BCUT2D eigenvalue weighted by atomic mass is 19.1. The van der Waals surface area contributed by atoms with Crippen LogP contribution in [0.25, 0.3) is 22.3 Å². The number of hydrazine groups is 1. The van der Waals surface area contributed by atoms with Gasteiger partial charge in [-0.1, -0.05) is 11.2 Å². The Balaban J connectivity index is 1.50. The second-order valence-corrected chi connectivity index (χ2v) is 7.02. The van der Waals surface area contributed by atoms with Crippen LogP contribution in [0.2, 0.25) is 0 Å². The fraction of sp³-hybridized carbons (Fsp3) is 0.0952. The summed E-state index contributed by atoms with van der Waals surface area (Å²) in [6, 6.07) is 8.73. The van der Waals surface area contributed by atoms with Crippen LogP contribution < -0.4 is 26.7 Å². The van der Waals surface area contributed by atoms with E-state index in [0.717, 1.165) is 23.4 Å². The van der Waals surface area contributed by atoms with Crippen molar-refractivity contribution in [1.82, 2.24) is 20.6 Å². The molecule has 32 heavy (non-hydrogen) atoms. The highest BCUT2D eigenvalue weighted by molar-refractivity contribution is 5.83. The van der Waals surface area contributed by atoms with Crippen molar-refractivity contribution in [3.05, 3.63) is 76.4 Å². The normalized spacial score (nSPS) is 13.2. The maximum atomic E-state index is 14.0. The van der Waals surface area contributed by atoms with E-state index >= 15 is 0 Å². The minimum absolute atomic E-state index is 0.0271. The number of pyridine rings is 1. The molecule has 0 saturated heterocycles. The molecule has 1 aliphatic heterocycles. The lowest BCUT2D eigenvalue weighted by molar-refractivity contribution is 0.307. The van der Waals surface area contributed by atoms with E-state index in [-0.39, 0.29) is 34.9 Å². The quantitative estimate of drug-likeness (QED) is 0.435. The Morgan fingerprint density at radius 3 is 2.84 bits per heavy atom. The second kappa shape index (κ2) is 7.78. The lowest BCUT2D eigenvalue weighted by Gasteiger charge is -2.21. The van der Waals surface area contributed by atoms with E-state index in [0.29, 0.717) is 12.1 Å². The van der Waals surface area contributed by atoms with E-state index < -0.39 is 17.4 Å². The summed E-state index contributed by atoms with van der Waals surface area (Å²) in [6.45, 7) is 0.712. The Labute approximate surface area is 179 Å². The van der Waals surface area contributed by atoms with Gasteiger partial charge in [-0.3, -0.25) is 14.5 Å². The van der Waals surface area contributed by atoms with Crippen LogP contribution in [0.4, 0.5) is 20.3 Å². The number of aromatic amines is 1. The SMILES string of the molecule is Nc1nc2c(F)cc(F)cc2cc1OCc1cc(-c2noc(=O)[nH]2)ccc1N1C=CCN1. The Morgan fingerprint density at radius 2 is 2.09 bits per heavy atom. The summed E-state index contributed by atoms with van der Waals surface area (Å²) < 4.78 is 38.1. The van der Waals surface area contributed by atoms with Crippen LogP contribution in [0.3, 0.4) is 0 Å². The number of ether oxygens (including phenoxy) is 1. The van der Waals surface area contributed by atoms with Crippen molar-refractivity contribution >= 4 is 22.4 Å². The molecule has 0 aliphatic carbocycles. The van der Waals surface area contributed by atoms with E-state index in [9.17, 15) is 13.6 Å². The highest BCUT2D eigenvalue weighted by Crippen LogP contribution is 2.31. The van der Waals surface area contributed by atoms with Crippen molar-refractivity contribution in [2.75, 3.05) is 17.3 Å². The predicted molar refractivity (Wildman–Crippen MR) is 113 cm³/mol. The van der Waals surface area contributed by atoms with Gasteiger partial charge in [-0.25, -0.2) is 24.0 Å². The summed E-state index contributed by atoms with van der Waals surface area (Å²) >= 11 is 0. The Bertz CT molecular complexity index is 1410. The number of nitrogens with two attached hydrogens (primary N) is 1. The van der Waals surface area contributed by atoms with Gasteiger partial charge in [0, 0.05) is 35.3 Å². The van der Waals surface area contributed by atoms with Gasteiger partial charge in [-0.05, 0) is 30.3 Å². The fourth-order valence-electron chi connectivity index (χ4n) is 3.44. The van der Waals surface area contributed by atoms with Crippen molar-refractivity contribution in [2.45, 2.75) is 6.61 Å². The van der Waals surface area contributed by atoms with Crippen molar-refractivity contribution in [1.29, 1.82) is 0 Å². The van der Waals surface area contributed by atoms with Gasteiger partial charge in [0.2, 0.25) is 0 Å². The molecule has 0 radical (unpaired) electrons. The van der Waals surface area contributed by atoms with Gasteiger partial charge in [0.05, 0.1) is 5.69 Å². The van der Waals surface area contributed by atoms with Crippen molar-refractivity contribution < 1.29 is 18.0 Å². The molecule has 2 aromatic heterocycles. The third kappa shape index (κ3) is 3.65. The third-order valence-electron chi connectivity index (χ3n) is 4.90. The molecule has 0 amide bonds. The number of benzene rings is 2. The molecular weight excluding hydrogens is 422 g/mol. The van der Waals surface area contributed by atoms with E-state index in [1.165, 1.54) is 6.07 Å². The molecule has 9 nitrogen and oxygen atoms in total. The van der Waals surface area contributed by atoms with Gasteiger partial charge >= 0.3 is 5.76 Å². The number of hydrogen-bond donors (Lipinski definition) is 3. The first-order valence-corrected chi connectivity index (χ1v) is 9.55. The van der Waals surface area contributed by atoms with Crippen molar-refractivity contribution in [2.24, 2.45) is 0 Å². The average molecular weight is 438 g/mol. The highest BCUT2D eigenvalue weighted by Gasteiger charge is 2.17. The first-order valence-electron chi connectivity index (χ1n) is 9.55. The van der Waals surface area contributed by atoms with Crippen molar-refractivity contribution in [3.63, 3.8) is 0 Å². The first-order chi connectivity index (χ1) is 15.5. The summed E-state index contributed by atoms with van der Waals surface area (Å²) in [5.74, 6) is -1.77. The minimum Gasteiger partial charge on any atom is -0.485 e. The van der Waals surface area contributed by atoms with E-state index in [2.05, 4.69) is 25.1 Å². The van der Waals surface area contributed by atoms with Gasteiger partial charge in [0.15, 0.2) is 23.2 Å². The summed E-state index contributed by atoms with van der Waals surface area (Å²) in [4.78, 5) is 17.8. The smallest absolute Gasteiger partial charge is 0.439 e. The zero-order valence-electron chi connectivity index (χ0n) is 16.4. The van der Waals surface area contributed by atoms with Crippen LogP contribution in [-0.2, 0) is 6.61 Å². The monoisotopic (exact) mass is 438 g/mol. The summed E-state index contributed by atoms with van der Waals surface area (Å²) in [6.07, 6.45) is 3.82. The van der Waals surface area contributed by atoms with Crippen LogP contribution in [0, 0.1) is 11.6 Å². The molecule has 5 rings (SSSR count). The molecule has 1 aliphatic rings. The van der Waals surface area contributed by atoms with E-state index in [4.69, 9.17) is 10.5 Å². The molecule has 0 unspecified atom stereocenters. The molecule has 0 bridgehead atoms. The molecule has 0 spiro atoms. The maximum absolute atomic E-state index is 14.0. The Morgan fingerprint density at radius 1 is 1.22 bits per heavy atom. The maximum Gasteiger partial charge on any atom is 0.439 e. The number of hydrogen-bond acceptors (Lipinski definition) is 8. The fourth-order valence-corrected chi connectivity index (χ4v) is 3.44. The summed E-state index contributed by atoms with van der Waals surface area (Å²) in [5, 5.41) is 5.76. The molecule has 0 fully saturated rings. The number of anilines is 2. The molecule has 0 atom stereocenters. The van der Waals surface area contributed by atoms with Gasteiger partial charge < -0.3 is 10.5 Å². The number of aromatic nitrogens is 3. The second-order valence-electron chi connectivity index (χ2n) is 7.02. The van der Waals surface area contributed by atoms with Gasteiger partial charge in [0.1, 0.15) is 17.9 Å². The third-order valence-corrected chi connectivity index (χ3v) is 4.90. The number of nitrogen functional groups attached to an aromatic ring is 1. The van der Waals surface area contributed by atoms with E-state index in [1.54, 1.807) is 12.1 Å². The van der Waals surface area contributed by atoms with Gasteiger partial charge in [0.25, 0.3) is 0 Å². The minimum atomic E-state index is -0.804. The summed E-state index contributed by atoms with van der Waals surface area (Å²) in [5.41, 5.74) is 11.2.